The third kappa shape index (κ3) is 2.46. The van der Waals surface area contributed by atoms with Gasteiger partial charge in [-0.2, -0.15) is 0 Å². The summed E-state index contributed by atoms with van der Waals surface area (Å²) in [6.45, 7) is 7.34. The second kappa shape index (κ2) is 3.75. The van der Waals surface area contributed by atoms with Crippen LogP contribution in [0, 0.1) is 5.92 Å². The third-order valence-electron chi connectivity index (χ3n) is 3.04. The Bertz CT molecular complexity index is 141. The van der Waals surface area contributed by atoms with E-state index in [9.17, 15) is 5.11 Å². The Morgan fingerprint density at radius 3 is 2.25 bits per heavy atom. The summed E-state index contributed by atoms with van der Waals surface area (Å²) in [4.78, 5) is 0. The first-order chi connectivity index (χ1) is 5.53. The van der Waals surface area contributed by atoms with Gasteiger partial charge in [-0.05, 0) is 32.1 Å². The predicted molar refractivity (Wildman–Crippen MR) is 51.1 cm³/mol. The molecule has 12 heavy (non-hydrogen) atoms. The largest absolute Gasteiger partial charge is 0.389 e. The highest BCUT2D eigenvalue weighted by Gasteiger charge is 2.34. The summed E-state index contributed by atoms with van der Waals surface area (Å²) in [5, 5.41) is 13.2. The van der Waals surface area contributed by atoms with Crippen molar-refractivity contribution in [3.63, 3.8) is 0 Å². The van der Waals surface area contributed by atoms with E-state index in [-0.39, 0.29) is 5.60 Å². The maximum atomic E-state index is 9.78. The van der Waals surface area contributed by atoms with Crippen molar-refractivity contribution < 1.29 is 5.11 Å². The number of rotatable bonds is 4. The molecular formula is C10H21NO. The minimum absolute atomic E-state index is 0.372. The molecule has 1 rings (SSSR count). The maximum Gasteiger partial charge on any atom is 0.0771 e. The highest BCUT2D eigenvalue weighted by atomic mass is 16.3. The van der Waals surface area contributed by atoms with Crippen molar-refractivity contribution >= 4 is 0 Å². The van der Waals surface area contributed by atoms with Crippen LogP contribution in [-0.4, -0.2) is 23.3 Å². The van der Waals surface area contributed by atoms with Gasteiger partial charge in [0.1, 0.15) is 0 Å². The first-order valence-electron chi connectivity index (χ1n) is 4.99. The lowest BCUT2D eigenvalue weighted by Gasteiger charge is -2.38. The molecule has 0 spiro atoms. The summed E-state index contributed by atoms with van der Waals surface area (Å²) >= 11 is 0. The molecule has 0 aromatic carbocycles. The third-order valence-corrected chi connectivity index (χ3v) is 3.04. The fourth-order valence-electron chi connectivity index (χ4n) is 1.35. The standard InChI is InChI=1S/C10H21NO/c1-8(2)9(3)11-7-10(12)5-4-6-10/h8-9,11-12H,4-7H2,1-3H3/t9-/m0/s1. The molecule has 0 aliphatic heterocycles. The van der Waals surface area contributed by atoms with E-state index in [0.29, 0.717) is 12.0 Å². The van der Waals surface area contributed by atoms with Gasteiger partial charge in [0.05, 0.1) is 5.60 Å². The van der Waals surface area contributed by atoms with Crippen molar-refractivity contribution in [3.8, 4) is 0 Å². The van der Waals surface area contributed by atoms with Gasteiger partial charge in [0.15, 0.2) is 0 Å². The molecule has 72 valence electrons. The fraction of sp³-hybridized carbons (Fsp3) is 1.00. The molecule has 0 radical (unpaired) electrons. The first kappa shape index (κ1) is 10.0. The van der Waals surface area contributed by atoms with Crippen LogP contribution in [-0.2, 0) is 0 Å². The van der Waals surface area contributed by atoms with Gasteiger partial charge in [-0.1, -0.05) is 13.8 Å². The monoisotopic (exact) mass is 171 g/mol. The van der Waals surface area contributed by atoms with Crippen LogP contribution in [0.3, 0.4) is 0 Å². The van der Waals surface area contributed by atoms with Crippen molar-refractivity contribution in [2.75, 3.05) is 6.54 Å². The molecule has 1 fully saturated rings. The summed E-state index contributed by atoms with van der Waals surface area (Å²) < 4.78 is 0. The average Bonchev–Trinajstić information content (AvgIpc) is 1.96. The molecule has 1 aliphatic carbocycles. The molecule has 0 saturated heterocycles. The first-order valence-corrected chi connectivity index (χ1v) is 4.99. The molecule has 0 bridgehead atoms. The van der Waals surface area contributed by atoms with Crippen LogP contribution >= 0.6 is 0 Å². The second-order valence-electron chi connectivity index (χ2n) is 4.49. The molecule has 1 saturated carbocycles. The quantitative estimate of drug-likeness (QED) is 0.672. The van der Waals surface area contributed by atoms with Gasteiger partial charge in [0, 0.05) is 12.6 Å². The van der Waals surface area contributed by atoms with Gasteiger partial charge in [-0.25, -0.2) is 0 Å². The molecule has 1 atom stereocenters. The smallest absolute Gasteiger partial charge is 0.0771 e. The van der Waals surface area contributed by atoms with Crippen LogP contribution in [0.5, 0.6) is 0 Å². The topological polar surface area (TPSA) is 32.3 Å². The molecule has 0 heterocycles. The SMILES string of the molecule is CC(C)[C@H](C)NCC1(O)CCC1. The van der Waals surface area contributed by atoms with Crippen molar-refractivity contribution in [2.24, 2.45) is 5.92 Å². The molecule has 2 heteroatoms. The van der Waals surface area contributed by atoms with Crippen molar-refractivity contribution in [2.45, 2.75) is 51.7 Å². The van der Waals surface area contributed by atoms with E-state index in [0.717, 1.165) is 19.4 Å². The molecule has 0 amide bonds. The predicted octanol–water partition coefficient (Wildman–Crippen LogP) is 1.54. The molecule has 2 N–H and O–H groups in total. The minimum atomic E-state index is -0.372. The number of aliphatic hydroxyl groups is 1. The number of hydrogen-bond acceptors (Lipinski definition) is 2. The van der Waals surface area contributed by atoms with Gasteiger partial charge in [0.2, 0.25) is 0 Å². The Morgan fingerprint density at radius 1 is 1.33 bits per heavy atom. The van der Waals surface area contributed by atoms with Crippen LogP contribution in [0.1, 0.15) is 40.0 Å². The van der Waals surface area contributed by atoms with Crippen molar-refractivity contribution in [1.29, 1.82) is 0 Å². The summed E-state index contributed by atoms with van der Waals surface area (Å²) in [7, 11) is 0. The van der Waals surface area contributed by atoms with Crippen LogP contribution in [0.4, 0.5) is 0 Å². The van der Waals surface area contributed by atoms with E-state index in [1.54, 1.807) is 0 Å². The molecule has 1 aliphatic rings. The van der Waals surface area contributed by atoms with Gasteiger partial charge < -0.3 is 10.4 Å². The summed E-state index contributed by atoms with van der Waals surface area (Å²) in [6, 6.07) is 0.509. The maximum absolute atomic E-state index is 9.78. The Morgan fingerprint density at radius 2 is 1.92 bits per heavy atom. The molecule has 2 nitrogen and oxygen atoms in total. The van der Waals surface area contributed by atoms with E-state index in [4.69, 9.17) is 0 Å². The second-order valence-corrected chi connectivity index (χ2v) is 4.49. The zero-order valence-corrected chi connectivity index (χ0v) is 8.43. The van der Waals surface area contributed by atoms with E-state index < -0.39 is 0 Å². The van der Waals surface area contributed by atoms with E-state index in [2.05, 4.69) is 26.1 Å². The Kier molecular flexibility index (Phi) is 3.13. The van der Waals surface area contributed by atoms with Gasteiger partial charge in [-0.15, -0.1) is 0 Å². The van der Waals surface area contributed by atoms with Crippen LogP contribution in [0.25, 0.3) is 0 Å². The highest BCUT2D eigenvalue weighted by molar-refractivity contribution is 4.90. The molecule has 0 aromatic rings. The van der Waals surface area contributed by atoms with Crippen LogP contribution < -0.4 is 5.32 Å². The van der Waals surface area contributed by atoms with E-state index >= 15 is 0 Å². The van der Waals surface area contributed by atoms with Gasteiger partial charge in [-0.3, -0.25) is 0 Å². The van der Waals surface area contributed by atoms with E-state index in [1.807, 2.05) is 0 Å². The number of nitrogens with one attached hydrogen (secondary N) is 1. The summed E-state index contributed by atoms with van der Waals surface area (Å²) in [5.41, 5.74) is -0.372. The van der Waals surface area contributed by atoms with Crippen LogP contribution in [0.15, 0.2) is 0 Å². The Balaban J connectivity index is 2.16. The lowest BCUT2D eigenvalue weighted by atomic mass is 9.80. The molecular weight excluding hydrogens is 150 g/mol. The zero-order valence-electron chi connectivity index (χ0n) is 8.43. The minimum Gasteiger partial charge on any atom is -0.389 e. The van der Waals surface area contributed by atoms with Crippen molar-refractivity contribution in [3.05, 3.63) is 0 Å². The Labute approximate surface area is 75.4 Å². The highest BCUT2D eigenvalue weighted by Crippen LogP contribution is 2.30. The fourth-order valence-corrected chi connectivity index (χ4v) is 1.35. The van der Waals surface area contributed by atoms with E-state index in [1.165, 1.54) is 6.42 Å². The molecule has 0 aromatic heterocycles. The molecule has 0 unspecified atom stereocenters. The average molecular weight is 171 g/mol. The normalized spacial score (nSPS) is 23.8. The lowest BCUT2D eigenvalue weighted by Crippen LogP contribution is -2.49. The van der Waals surface area contributed by atoms with Crippen molar-refractivity contribution in [1.82, 2.24) is 5.32 Å². The zero-order chi connectivity index (χ0) is 9.19. The lowest BCUT2D eigenvalue weighted by molar-refractivity contribution is -0.0337. The van der Waals surface area contributed by atoms with Crippen LogP contribution in [0.2, 0.25) is 0 Å². The Hall–Kier alpha value is -0.0800. The summed E-state index contributed by atoms with van der Waals surface area (Å²) in [6.07, 6.45) is 3.14. The number of hydrogen-bond donors (Lipinski definition) is 2. The summed E-state index contributed by atoms with van der Waals surface area (Å²) in [5.74, 6) is 0.647. The van der Waals surface area contributed by atoms with Gasteiger partial charge in [0.25, 0.3) is 0 Å². The van der Waals surface area contributed by atoms with Gasteiger partial charge >= 0.3 is 0 Å².